The molecule has 0 aliphatic carbocycles. The Kier molecular flexibility index (Phi) is 4.19. The van der Waals surface area contributed by atoms with E-state index in [4.69, 9.17) is 0 Å². The number of amides is 3. The smallest absolute Gasteiger partial charge is 0.325 e. The molecule has 1 aromatic rings. The summed E-state index contributed by atoms with van der Waals surface area (Å²) in [4.78, 5) is 24.9. The van der Waals surface area contributed by atoms with Gasteiger partial charge in [0, 0.05) is 4.47 Å². The lowest BCUT2D eigenvalue weighted by Gasteiger charge is -2.13. The van der Waals surface area contributed by atoms with Crippen LogP contribution in [0.25, 0.3) is 0 Å². The number of hydrogen-bond donors (Lipinski definition) is 1. The maximum absolute atomic E-state index is 13.3. The van der Waals surface area contributed by atoms with E-state index in [0.29, 0.717) is 16.5 Å². The molecule has 1 aliphatic rings. The van der Waals surface area contributed by atoms with Crippen molar-refractivity contribution < 1.29 is 14.0 Å². The van der Waals surface area contributed by atoms with Crippen LogP contribution in [0.3, 0.4) is 0 Å². The van der Waals surface area contributed by atoms with Crippen LogP contribution in [-0.2, 0) is 11.3 Å². The second-order valence-corrected chi connectivity index (χ2v) is 5.41. The van der Waals surface area contributed by atoms with Crippen LogP contribution in [0.2, 0.25) is 0 Å². The standard InChI is InChI=1S/C13H14BrFN2O2/c1-2-3-11-12(18)17(13(19)16-11)7-8-4-9(14)6-10(15)5-8/h4-6,11H,2-3,7H2,1H3,(H,16,19). The summed E-state index contributed by atoms with van der Waals surface area (Å²) in [5.74, 6) is -0.645. The van der Waals surface area contributed by atoms with Crippen LogP contribution >= 0.6 is 15.9 Å². The van der Waals surface area contributed by atoms with Gasteiger partial charge in [-0.05, 0) is 30.2 Å². The van der Waals surface area contributed by atoms with Crippen molar-refractivity contribution in [1.82, 2.24) is 10.2 Å². The summed E-state index contributed by atoms with van der Waals surface area (Å²) in [6, 6.07) is 3.48. The van der Waals surface area contributed by atoms with Crippen molar-refractivity contribution in [3.8, 4) is 0 Å². The molecule has 1 saturated heterocycles. The first kappa shape index (κ1) is 14.0. The summed E-state index contributed by atoms with van der Waals surface area (Å²) < 4.78 is 13.8. The first-order valence-electron chi connectivity index (χ1n) is 6.08. The van der Waals surface area contributed by atoms with Gasteiger partial charge in [0.2, 0.25) is 0 Å². The Bertz CT molecular complexity index is 501. The van der Waals surface area contributed by atoms with Gasteiger partial charge in [0.05, 0.1) is 6.54 Å². The molecule has 0 aromatic heterocycles. The largest absolute Gasteiger partial charge is 0.326 e. The van der Waals surface area contributed by atoms with Gasteiger partial charge in [0.15, 0.2) is 0 Å². The van der Waals surface area contributed by atoms with Crippen molar-refractivity contribution in [2.45, 2.75) is 32.4 Å². The van der Waals surface area contributed by atoms with E-state index >= 15 is 0 Å². The SMILES string of the molecule is CCCC1NC(=O)N(Cc2cc(F)cc(Br)c2)C1=O. The number of nitrogens with one attached hydrogen (secondary N) is 1. The first-order valence-corrected chi connectivity index (χ1v) is 6.87. The van der Waals surface area contributed by atoms with Crippen molar-refractivity contribution >= 4 is 27.9 Å². The Hall–Kier alpha value is -1.43. The topological polar surface area (TPSA) is 49.4 Å². The maximum Gasteiger partial charge on any atom is 0.325 e. The molecule has 0 spiro atoms. The minimum Gasteiger partial charge on any atom is -0.326 e. The fourth-order valence-corrected chi connectivity index (χ4v) is 2.61. The third-order valence-electron chi connectivity index (χ3n) is 2.95. The quantitative estimate of drug-likeness (QED) is 0.864. The van der Waals surface area contributed by atoms with Gasteiger partial charge in [-0.3, -0.25) is 9.69 Å². The molecule has 0 bridgehead atoms. The molecule has 1 heterocycles. The molecular formula is C13H14BrFN2O2. The summed E-state index contributed by atoms with van der Waals surface area (Å²) in [5, 5.41) is 2.64. The van der Waals surface area contributed by atoms with Gasteiger partial charge < -0.3 is 5.32 Å². The highest BCUT2D eigenvalue weighted by Crippen LogP contribution is 2.19. The lowest BCUT2D eigenvalue weighted by atomic mass is 10.1. The Balaban J connectivity index is 2.14. The highest BCUT2D eigenvalue weighted by molar-refractivity contribution is 9.10. The monoisotopic (exact) mass is 328 g/mol. The molecule has 102 valence electrons. The van der Waals surface area contributed by atoms with Gasteiger partial charge in [-0.1, -0.05) is 29.3 Å². The third-order valence-corrected chi connectivity index (χ3v) is 3.41. The Labute approximate surface area is 119 Å². The summed E-state index contributed by atoms with van der Waals surface area (Å²) >= 11 is 3.19. The lowest BCUT2D eigenvalue weighted by Crippen LogP contribution is -2.31. The fourth-order valence-electron chi connectivity index (χ4n) is 2.10. The molecule has 1 aromatic carbocycles. The van der Waals surface area contributed by atoms with Gasteiger partial charge in [-0.25, -0.2) is 9.18 Å². The molecule has 1 atom stereocenters. The zero-order valence-corrected chi connectivity index (χ0v) is 12.0. The van der Waals surface area contributed by atoms with Crippen LogP contribution < -0.4 is 5.32 Å². The van der Waals surface area contributed by atoms with Gasteiger partial charge in [-0.15, -0.1) is 0 Å². The van der Waals surface area contributed by atoms with E-state index in [9.17, 15) is 14.0 Å². The summed E-state index contributed by atoms with van der Waals surface area (Å²) in [6.45, 7) is 2.03. The maximum atomic E-state index is 13.3. The van der Waals surface area contributed by atoms with E-state index in [2.05, 4.69) is 21.2 Å². The number of halogens is 2. The molecule has 6 heteroatoms. The summed E-state index contributed by atoms with van der Waals surface area (Å²) in [7, 11) is 0. The Morgan fingerprint density at radius 2 is 2.11 bits per heavy atom. The molecular weight excluding hydrogens is 315 g/mol. The molecule has 2 rings (SSSR count). The molecule has 19 heavy (non-hydrogen) atoms. The van der Waals surface area contributed by atoms with Crippen LogP contribution in [-0.4, -0.2) is 22.9 Å². The predicted octanol–water partition coefficient (Wildman–Crippen LogP) is 2.81. The molecule has 0 radical (unpaired) electrons. The number of rotatable bonds is 4. The average Bonchev–Trinajstić information content (AvgIpc) is 2.56. The molecule has 0 saturated carbocycles. The lowest BCUT2D eigenvalue weighted by molar-refractivity contribution is -0.128. The molecule has 1 N–H and O–H groups in total. The second kappa shape index (κ2) is 5.69. The fraction of sp³-hybridized carbons (Fsp3) is 0.385. The first-order chi connectivity index (χ1) is 9.01. The van der Waals surface area contributed by atoms with Crippen molar-refractivity contribution in [3.63, 3.8) is 0 Å². The van der Waals surface area contributed by atoms with E-state index in [1.807, 2.05) is 6.92 Å². The minimum atomic E-state index is -0.450. The minimum absolute atomic E-state index is 0.0846. The number of hydrogen-bond acceptors (Lipinski definition) is 2. The molecule has 1 unspecified atom stereocenters. The number of nitrogens with zero attached hydrogens (tertiary/aromatic N) is 1. The Morgan fingerprint density at radius 3 is 2.74 bits per heavy atom. The van der Waals surface area contributed by atoms with E-state index in [0.717, 1.165) is 11.3 Å². The second-order valence-electron chi connectivity index (χ2n) is 4.49. The van der Waals surface area contributed by atoms with Gasteiger partial charge in [0.1, 0.15) is 11.9 Å². The summed E-state index contributed by atoms with van der Waals surface area (Å²) in [5.41, 5.74) is 0.576. The van der Waals surface area contributed by atoms with E-state index in [1.54, 1.807) is 6.07 Å². The van der Waals surface area contributed by atoms with Gasteiger partial charge in [0.25, 0.3) is 5.91 Å². The van der Waals surface area contributed by atoms with E-state index in [1.165, 1.54) is 12.1 Å². The molecule has 1 fully saturated rings. The molecule has 3 amide bonds. The number of benzene rings is 1. The number of urea groups is 1. The molecule has 4 nitrogen and oxygen atoms in total. The van der Waals surface area contributed by atoms with E-state index in [-0.39, 0.29) is 12.5 Å². The van der Waals surface area contributed by atoms with Crippen molar-refractivity contribution in [2.75, 3.05) is 0 Å². The predicted molar refractivity (Wildman–Crippen MR) is 71.9 cm³/mol. The van der Waals surface area contributed by atoms with Gasteiger partial charge >= 0.3 is 6.03 Å². The van der Waals surface area contributed by atoms with E-state index < -0.39 is 17.9 Å². The Morgan fingerprint density at radius 1 is 1.37 bits per heavy atom. The van der Waals surface area contributed by atoms with Crippen molar-refractivity contribution in [2.24, 2.45) is 0 Å². The van der Waals surface area contributed by atoms with Crippen molar-refractivity contribution in [3.05, 3.63) is 34.1 Å². The number of imide groups is 1. The normalized spacial score (nSPS) is 18.9. The zero-order valence-electron chi connectivity index (χ0n) is 10.5. The van der Waals surface area contributed by atoms with Crippen LogP contribution in [0.1, 0.15) is 25.3 Å². The number of carbonyl (C=O) groups is 2. The highest BCUT2D eigenvalue weighted by atomic mass is 79.9. The van der Waals surface area contributed by atoms with Crippen LogP contribution in [0.5, 0.6) is 0 Å². The average molecular weight is 329 g/mol. The van der Waals surface area contributed by atoms with Crippen LogP contribution in [0, 0.1) is 5.82 Å². The summed E-state index contributed by atoms with van der Waals surface area (Å²) in [6.07, 6.45) is 1.43. The van der Waals surface area contributed by atoms with Crippen LogP contribution in [0.15, 0.2) is 22.7 Å². The van der Waals surface area contributed by atoms with Gasteiger partial charge in [-0.2, -0.15) is 0 Å². The third kappa shape index (κ3) is 3.12. The highest BCUT2D eigenvalue weighted by Gasteiger charge is 2.37. The van der Waals surface area contributed by atoms with Crippen LogP contribution in [0.4, 0.5) is 9.18 Å². The number of carbonyl (C=O) groups excluding carboxylic acids is 2. The zero-order chi connectivity index (χ0) is 14.0. The van der Waals surface area contributed by atoms with Crippen molar-refractivity contribution in [1.29, 1.82) is 0 Å². The molecule has 1 aliphatic heterocycles.